The number of carboxylic acids is 1. The molecular weight excluding hydrogens is 232 g/mol. The van der Waals surface area contributed by atoms with Crippen molar-refractivity contribution >= 4 is 11.6 Å². The van der Waals surface area contributed by atoms with Crippen LogP contribution in [0.5, 0.6) is 0 Å². The Hall–Kier alpha value is -2.76. The van der Waals surface area contributed by atoms with Gasteiger partial charge in [-0.3, -0.25) is 4.98 Å². The Morgan fingerprint density at radius 3 is 2.94 bits per heavy atom. The fourth-order valence-corrected chi connectivity index (χ4v) is 1.72. The number of imidazole rings is 1. The molecule has 0 unspecified atom stereocenters. The minimum atomic E-state index is -1.09. The normalized spacial score (nSPS) is 10.7. The van der Waals surface area contributed by atoms with Crippen LogP contribution in [0.25, 0.3) is 16.9 Å². The number of aromatic nitrogens is 4. The van der Waals surface area contributed by atoms with Gasteiger partial charge >= 0.3 is 5.97 Å². The number of aromatic carboxylic acids is 1. The molecule has 0 spiro atoms. The molecule has 3 aromatic rings. The lowest BCUT2D eigenvalue weighted by Gasteiger charge is -1.95. The predicted molar refractivity (Wildman–Crippen MR) is 63.2 cm³/mol. The van der Waals surface area contributed by atoms with E-state index in [1.54, 1.807) is 35.3 Å². The van der Waals surface area contributed by atoms with Crippen molar-refractivity contribution in [2.24, 2.45) is 0 Å². The highest BCUT2D eigenvalue weighted by molar-refractivity contribution is 5.92. The van der Waals surface area contributed by atoms with Crippen molar-refractivity contribution in [1.29, 1.82) is 0 Å². The zero-order chi connectivity index (χ0) is 12.5. The van der Waals surface area contributed by atoms with Gasteiger partial charge < -0.3 is 9.51 Å². The van der Waals surface area contributed by atoms with Crippen LogP contribution >= 0.6 is 0 Å². The summed E-state index contributed by atoms with van der Waals surface area (Å²) in [6.45, 7) is 0. The summed E-state index contributed by atoms with van der Waals surface area (Å²) < 4.78 is 1.64. The molecule has 3 heterocycles. The molecule has 0 aliphatic heterocycles. The maximum Gasteiger partial charge on any atom is 0.358 e. The number of carboxylic acid groups (broad SMARTS) is 1. The third-order valence-electron chi connectivity index (χ3n) is 2.53. The summed E-state index contributed by atoms with van der Waals surface area (Å²) in [5, 5.41) is 9.03. The van der Waals surface area contributed by atoms with Gasteiger partial charge in [-0.1, -0.05) is 0 Å². The van der Waals surface area contributed by atoms with Gasteiger partial charge in [-0.15, -0.1) is 0 Å². The second kappa shape index (κ2) is 3.92. The lowest BCUT2D eigenvalue weighted by Crippen LogP contribution is -2.03. The molecule has 0 radical (unpaired) electrons. The molecule has 0 saturated carbocycles. The summed E-state index contributed by atoms with van der Waals surface area (Å²) in [5.41, 5.74) is 1.76. The first-order valence-electron chi connectivity index (χ1n) is 5.23. The summed E-state index contributed by atoms with van der Waals surface area (Å²) in [4.78, 5) is 23.1. The van der Waals surface area contributed by atoms with E-state index in [1.807, 2.05) is 6.07 Å². The topological polar surface area (TPSA) is 80.4 Å². The quantitative estimate of drug-likeness (QED) is 0.734. The van der Waals surface area contributed by atoms with Crippen LogP contribution in [0.1, 0.15) is 10.5 Å². The molecular formula is C12H8N4O2. The molecule has 0 amide bonds. The Morgan fingerprint density at radius 1 is 1.33 bits per heavy atom. The van der Waals surface area contributed by atoms with Crippen molar-refractivity contribution in [3.63, 3.8) is 0 Å². The Labute approximate surface area is 102 Å². The van der Waals surface area contributed by atoms with Crippen molar-refractivity contribution in [2.75, 3.05) is 0 Å². The smallest absolute Gasteiger partial charge is 0.358 e. The SMILES string of the molecule is O=C(O)c1nccn2cc(-c3cccnc3)nc12. The highest BCUT2D eigenvalue weighted by atomic mass is 16.4. The first-order valence-corrected chi connectivity index (χ1v) is 5.23. The van der Waals surface area contributed by atoms with Crippen LogP contribution in [0, 0.1) is 0 Å². The summed E-state index contributed by atoms with van der Waals surface area (Å²) in [5.74, 6) is -1.09. The fraction of sp³-hybridized carbons (Fsp3) is 0. The van der Waals surface area contributed by atoms with Crippen molar-refractivity contribution in [3.05, 3.63) is 48.8 Å². The van der Waals surface area contributed by atoms with E-state index in [2.05, 4.69) is 15.0 Å². The maximum absolute atomic E-state index is 11.0. The molecule has 0 bridgehead atoms. The molecule has 88 valence electrons. The lowest BCUT2D eigenvalue weighted by molar-refractivity contribution is 0.0692. The number of rotatable bonds is 2. The van der Waals surface area contributed by atoms with E-state index in [4.69, 9.17) is 5.11 Å². The molecule has 0 aliphatic rings. The number of hydrogen-bond acceptors (Lipinski definition) is 4. The molecule has 6 nitrogen and oxygen atoms in total. The van der Waals surface area contributed by atoms with Gasteiger partial charge in [0, 0.05) is 36.5 Å². The third kappa shape index (κ3) is 1.60. The zero-order valence-electron chi connectivity index (χ0n) is 9.19. The number of hydrogen-bond donors (Lipinski definition) is 1. The van der Waals surface area contributed by atoms with E-state index in [0.29, 0.717) is 11.3 Å². The molecule has 18 heavy (non-hydrogen) atoms. The second-order valence-corrected chi connectivity index (χ2v) is 3.68. The number of nitrogens with zero attached hydrogens (tertiary/aromatic N) is 4. The molecule has 3 rings (SSSR count). The molecule has 0 atom stereocenters. The minimum absolute atomic E-state index is 0.0624. The van der Waals surface area contributed by atoms with Crippen LogP contribution in [0.4, 0.5) is 0 Å². The molecule has 0 aliphatic carbocycles. The van der Waals surface area contributed by atoms with Crippen LogP contribution in [0.3, 0.4) is 0 Å². The Kier molecular flexibility index (Phi) is 2.26. The lowest BCUT2D eigenvalue weighted by atomic mass is 10.2. The summed E-state index contributed by atoms with van der Waals surface area (Å²) in [6, 6.07) is 3.67. The van der Waals surface area contributed by atoms with Crippen LogP contribution in [-0.4, -0.2) is 30.4 Å². The van der Waals surface area contributed by atoms with Gasteiger partial charge in [0.25, 0.3) is 0 Å². The standard InChI is InChI=1S/C12H8N4O2/c17-12(18)10-11-15-9(7-16(11)5-4-14-10)8-2-1-3-13-6-8/h1-7H,(H,17,18). The molecule has 1 N–H and O–H groups in total. The molecule has 0 aromatic carbocycles. The molecule has 3 aromatic heterocycles. The second-order valence-electron chi connectivity index (χ2n) is 3.68. The van der Waals surface area contributed by atoms with E-state index in [0.717, 1.165) is 5.56 Å². The summed E-state index contributed by atoms with van der Waals surface area (Å²) in [6.07, 6.45) is 8.19. The minimum Gasteiger partial charge on any atom is -0.476 e. The highest BCUT2D eigenvalue weighted by Gasteiger charge is 2.13. The van der Waals surface area contributed by atoms with E-state index in [-0.39, 0.29) is 5.69 Å². The number of carbonyl (C=O) groups is 1. The monoisotopic (exact) mass is 240 g/mol. The third-order valence-corrected chi connectivity index (χ3v) is 2.53. The average molecular weight is 240 g/mol. The van der Waals surface area contributed by atoms with Crippen LogP contribution in [-0.2, 0) is 0 Å². The molecule has 0 fully saturated rings. The molecule has 0 saturated heterocycles. The Morgan fingerprint density at radius 2 is 2.22 bits per heavy atom. The van der Waals surface area contributed by atoms with E-state index in [9.17, 15) is 4.79 Å². The Bertz CT molecular complexity index is 721. The van der Waals surface area contributed by atoms with Crippen LogP contribution in [0.15, 0.2) is 43.1 Å². The van der Waals surface area contributed by atoms with Crippen LogP contribution < -0.4 is 0 Å². The van der Waals surface area contributed by atoms with Crippen LogP contribution in [0.2, 0.25) is 0 Å². The van der Waals surface area contributed by atoms with Crippen molar-refractivity contribution in [2.45, 2.75) is 0 Å². The highest BCUT2D eigenvalue weighted by Crippen LogP contribution is 2.18. The summed E-state index contributed by atoms with van der Waals surface area (Å²) in [7, 11) is 0. The van der Waals surface area contributed by atoms with Gasteiger partial charge in [0.1, 0.15) is 0 Å². The van der Waals surface area contributed by atoms with Gasteiger partial charge in [-0.05, 0) is 12.1 Å². The first kappa shape index (κ1) is 10.4. The fourth-order valence-electron chi connectivity index (χ4n) is 1.72. The van der Waals surface area contributed by atoms with Gasteiger partial charge in [-0.2, -0.15) is 0 Å². The number of fused-ring (bicyclic) bond motifs is 1. The van der Waals surface area contributed by atoms with Gasteiger partial charge in [0.15, 0.2) is 11.3 Å². The Balaban J connectivity index is 2.23. The van der Waals surface area contributed by atoms with Crippen molar-refractivity contribution in [3.8, 4) is 11.3 Å². The largest absolute Gasteiger partial charge is 0.476 e. The maximum atomic E-state index is 11.0. The van der Waals surface area contributed by atoms with Gasteiger partial charge in [0.05, 0.1) is 5.69 Å². The van der Waals surface area contributed by atoms with E-state index in [1.165, 1.54) is 6.20 Å². The number of pyridine rings is 1. The molecule has 6 heteroatoms. The first-order chi connectivity index (χ1) is 8.75. The van der Waals surface area contributed by atoms with Crippen molar-refractivity contribution < 1.29 is 9.90 Å². The van der Waals surface area contributed by atoms with E-state index < -0.39 is 5.97 Å². The predicted octanol–water partition coefficient (Wildman–Crippen LogP) is 1.49. The average Bonchev–Trinajstić information content (AvgIpc) is 2.83. The zero-order valence-corrected chi connectivity index (χ0v) is 9.19. The van der Waals surface area contributed by atoms with Crippen molar-refractivity contribution in [1.82, 2.24) is 19.4 Å². The van der Waals surface area contributed by atoms with Gasteiger partial charge in [0.2, 0.25) is 0 Å². The van der Waals surface area contributed by atoms with E-state index >= 15 is 0 Å². The van der Waals surface area contributed by atoms with Gasteiger partial charge in [-0.25, -0.2) is 14.8 Å². The summed E-state index contributed by atoms with van der Waals surface area (Å²) >= 11 is 0.